The van der Waals surface area contributed by atoms with Crippen LogP contribution in [-0.2, 0) is 0 Å². The lowest BCUT2D eigenvalue weighted by Gasteiger charge is -2.27. The standard InChI is InChI=1S/C31H26N2O/c1-4-10-28-25(7-1)26-8-2-5-11-29(26)33(28)24-19-17-22(18-20-24)21-13-15-23(16-14-21)31-32-27-9-3-6-12-30(27)34-31/h1-12,17-21,23H,13-16H2. The molecule has 3 nitrogen and oxygen atoms in total. The maximum Gasteiger partial charge on any atom is 0.198 e. The number of oxazole rings is 1. The van der Waals surface area contributed by atoms with Crippen LogP contribution >= 0.6 is 0 Å². The molecule has 1 aliphatic rings. The lowest BCUT2D eigenvalue weighted by atomic mass is 9.78. The predicted molar refractivity (Wildman–Crippen MR) is 139 cm³/mol. The Balaban J connectivity index is 1.14. The molecule has 0 aliphatic heterocycles. The van der Waals surface area contributed by atoms with Gasteiger partial charge in [-0.05, 0) is 73.6 Å². The number of para-hydroxylation sites is 4. The molecule has 0 bridgehead atoms. The van der Waals surface area contributed by atoms with E-state index < -0.39 is 0 Å². The second-order valence-electron chi connectivity index (χ2n) is 9.53. The minimum absolute atomic E-state index is 0.431. The summed E-state index contributed by atoms with van der Waals surface area (Å²) >= 11 is 0. The summed E-state index contributed by atoms with van der Waals surface area (Å²) in [7, 11) is 0. The van der Waals surface area contributed by atoms with Crippen LogP contribution in [0.4, 0.5) is 0 Å². The van der Waals surface area contributed by atoms with E-state index in [0.717, 1.165) is 29.8 Å². The number of fused-ring (bicyclic) bond motifs is 4. The molecule has 0 atom stereocenters. The van der Waals surface area contributed by atoms with E-state index in [1.54, 1.807) is 0 Å². The van der Waals surface area contributed by atoms with Gasteiger partial charge in [-0.3, -0.25) is 0 Å². The van der Waals surface area contributed by atoms with E-state index in [4.69, 9.17) is 9.40 Å². The normalized spacial score (nSPS) is 18.7. The van der Waals surface area contributed by atoms with Gasteiger partial charge in [0.25, 0.3) is 0 Å². The van der Waals surface area contributed by atoms with Crippen molar-refractivity contribution in [3.8, 4) is 5.69 Å². The molecule has 3 heteroatoms. The molecule has 0 N–H and O–H groups in total. The molecule has 1 fully saturated rings. The van der Waals surface area contributed by atoms with Gasteiger partial charge in [0.15, 0.2) is 11.5 Å². The molecule has 0 unspecified atom stereocenters. The third-order valence-electron chi connectivity index (χ3n) is 7.59. The molecule has 34 heavy (non-hydrogen) atoms. The van der Waals surface area contributed by atoms with Crippen molar-refractivity contribution in [1.29, 1.82) is 0 Å². The van der Waals surface area contributed by atoms with Gasteiger partial charge in [0, 0.05) is 22.4 Å². The van der Waals surface area contributed by atoms with Crippen molar-refractivity contribution in [1.82, 2.24) is 9.55 Å². The Morgan fingerprint density at radius 2 is 1.21 bits per heavy atom. The molecule has 7 rings (SSSR count). The van der Waals surface area contributed by atoms with Crippen LogP contribution in [-0.4, -0.2) is 9.55 Å². The van der Waals surface area contributed by atoms with Crippen LogP contribution in [0.3, 0.4) is 0 Å². The van der Waals surface area contributed by atoms with Crippen LogP contribution in [0, 0.1) is 0 Å². The summed E-state index contributed by atoms with van der Waals surface area (Å²) in [5.41, 5.74) is 7.06. The van der Waals surface area contributed by atoms with E-state index in [9.17, 15) is 0 Å². The zero-order valence-corrected chi connectivity index (χ0v) is 19.0. The van der Waals surface area contributed by atoms with Gasteiger partial charge in [-0.15, -0.1) is 0 Å². The first-order valence-electron chi connectivity index (χ1n) is 12.3. The van der Waals surface area contributed by atoms with Crippen LogP contribution in [0.5, 0.6) is 0 Å². The summed E-state index contributed by atoms with van der Waals surface area (Å²) in [6, 6.07) is 34.7. The highest BCUT2D eigenvalue weighted by atomic mass is 16.3. The van der Waals surface area contributed by atoms with Crippen molar-refractivity contribution in [2.45, 2.75) is 37.5 Å². The van der Waals surface area contributed by atoms with Crippen LogP contribution in [0.1, 0.15) is 49.0 Å². The van der Waals surface area contributed by atoms with Gasteiger partial charge in [-0.25, -0.2) is 4.98 Å². The summed E-state index contributed by atoms with van der Waals surface area (Å²) < 4.78 is 8.45. The molecule has 6 aromatic rings. The Labute approximate surface area is 198 Å². The van der Waals surface area contributed by atoms with E-state index in [-0.39, 0.29) is 0 Å². The zero-order chi connectivity index (χ0) is 22.5. The monoisotopic (exact) mass is 442 g/mol. The van der Waals surface area contributed by atoms with Gasteiger partial charge in [0.1, 0.15) is 5.52 Å². The molecule has 0 radical (unpaired) electrons. The molecule has 0 saturated heterocycles. The Bertz CT molecular complexity index is 1530. The maximum absolute atomic E-state index is 6.06. The van der Waals surface area contributed by atoms with Crippen LogP contribution < -0.4 is 0 Å². The summed E-state index contributed by atoms with van der Waals surface area (Å²) in [6.07, 6.45) is 4.62. The van der Waals surface area contributed by atoms with Crippen molar-refractivity contribution in [2.24, 2.45) is 0 Å². The van der Waals surface area contributed by atoms with Crippen LogP contribution in [0.15, 0.2) is 101 Å². The second kappa shape index (κ2) is 7.88. The highest BCUT2D eigenvalue weighted by Gasteiger charge is 2.27. The van der Waals surface area contributed by atoms with E-state index in [0.29, 0.717) is 11.8 Å². The van der Waals surface area contributed by atoms with Gasteiger partial charge >= 0.3 is 0 Å². The third kappa shape index (κ3) is 3.15. The van der Waals surface area contributed by atoms with Crippen molar-refractivity contribution in [2.75, 3.05) is 0 Å². The highest BCUT2D eigenvalue weighted by molar-refractivity contribution is 6.09. The lowest BCUT2D eigenvalue weighted by molar-refractivity contribution is 0.346. The molecular weight excluding hydrogens is 416 g/mol. The van der Waals surface area contributed by atoms with Gasteiger partial charge in [0.2, 0.25) is 0 Å². The van der Waals surface area contributed by atoms with Gasteiger partial charge in [0.05, 0.1) is 11.0 Å². The number of nitrogens with zero attached hydrogens (tertiary/aromatic N) is 2. The smallest absolute Gasteiger partial charge is 0.198 e. The van der Waals surface area contributed by atoms with Crippen molar-refractivity contribution in [3.05, 3.63) is 109 Å². The quantitative estimate of drug-likeness (QED) is 0.276. The van der Waals surface area contributed by atoms with Crippen LogP contribution in [0.2, 0.25) is 0 Å². The summed E-state index contributed by atoms with van der Waals surface area (Å²) in [5.74, 6) is 1.95. The first-order valence-corrected chi connectivity index (χ1v) is 12.3. The fourth-order valence-electron chi connectivity index (χ4n) is 5.83. The molecule has 0 amide bonds. The van der Waals surface area contributed by atoms with Gasteiger partial charge in [-0.2, -0.15) is 0 Å². The summed E-state index contributed by atoms with van der Waals surface area (Å²) in [4.78, 5) is 4.75. The number of aromatic nitrogens is 2. The molecule has 2 heterocycles. The Morgan fingerprint density at radius 1 is 0.618 bits per heavy atom. The van der Waals surface area contributed by atoms with E-state index in [2.05, 4.69) is 77.4 Å². The molecular formula is C31H26N2O. The van der Waals surface area contributed by atoms with E-state index in [1.165, 1.54) is 45.9 Å². The highest BCUT2D eigenvalue weighted by Crippen LogP contribution is 2.41. The average molecular weight is 443 g/mol. The summed E-state index contributed by atoms with van der Waals surface area (Å²) in [6.45, 7) is 0. The van der Waals surface area contributed by atoms with Crippen molar-refractivity contribution in [3.63, 3.8) is 0 Å². The minimum atomic E-state index is 0.431. The fourth-order valence-corrected chi connectivity index (χ4v) is 5.83. The van der Waals surface area contributed by atoms with Gasteiger partial charge in [-0.1, -0.05) is 60.7 Å². The molecule has 2 aromatic heterocycles. The zero-order valence-electron chi connectivity index (χ0n) is 19.0. The first-order chi connectivity index (χ1) is 16.8. The lowest BCUT2D eigenvalue weighted by Crippen LogP contribution is -2.12. The molecule has 1 saturated carbocycles. The number of hydrogen-bond acceptors (Lipinski definition) is 2. The fraction of sp³-hybridized carbons (Fsp3) is 0.194. The number of hydrogen-bond donors (Lipinski definition) is 0. The Hall–Kier alpha value is -3.85. The van der Waals surface area contributed by atoms with Crippen molar-refractivity contribution < 1.29 is 4.42 Å². The Morgan fingerprint density at radius 3 is 1.88 bits per heavy atom. The average Bonchev–Trinajstić information content (AvgIpc) is 3.49. The SMILES string of the molecule is c1ccc2oc(C3CCC(c4ccc(-n5c6ccccc6c6ccccc65)cc4)CC3)nc2c1. The van der Waals surface area contributed by atoms with Gasteiger partial charge < -0.3 is 8.98 Å². The first kappa shape index (κ1) is 19.6. The maximum atomic E-state index is 6.06. The van der Waals surface area contributed by atoms with E-state index >= 15 is 0 Å². The van der Waals surface area contributed by atoms with Crippen LogP contribution in [0.25, 0.3) is 38.6 Å². The van der Waals surface area contributed by atoms with Crippen molar-refractivity contribution >= 4 is 32.9 Å². The molecule has 1 aliphatic carbocycles. The largest absolute Gasteiger partial charge is 0.440 e. The topological polar surface area (TPSA) is 31.0 Å². The predicted octanol–water partition coefficient (Wildman–Crippen LogP) is 8.37. The molecule has 0 spiro atoms. The Kier molecular flexibility index (Phi) is 4.54. The number of benzene rings is 4. The third-order valence-corrected chi connectivity index (χ3v) is 7.59. The molecule has 166 valence electrons. The number of rotatable bonds is 3. The minimum Gasteiger partial charge on any atom is -0.440 e. The van der Waals surface area contributed by atoms with E-state index in [1.807, 2.05) is 24.3 Å². The summed E-state index contributed by atoms with van der Waals surface area (Å²) in [5, 5.41) is 2.61. The second-order valence-corrected chi connectivity index (χ2v) is 9.53. The molecule has 4 aromatic carbocycles.